The fourth-order valence-electron chi connectivity index (χ4n) is 9.38. The molecule has 0 bridgehead atoms. The number of para-hydroxylation sites is 4. The number of anilines is 3. The normalized spacial score (nSPS) is 11.6. The smallest absolute Gasteiger partial charge is 0.0541 e. The van der Waals surface area contributed by atoms with E-state index in [9.17, 15) is 0 Å². The summed E-state index contributed by atoms with van der Waals surface area (Å²) < 4.78 is 4.76. The number of benzene rings is 10. The summed E-state index contributed by atoms with van der Waals surface area (Å²) in [5.74, 6) is 0. The minimum absolute atomic E-state index is 1.10. The molecule has 0 saturated carbocycles. The molecule has 0 aliphatic heterocycles. The molecule has 0 atom stereocenters. The van der Waals surface area contributed by atoms with E-state index in [1.54, 1.807) is 0 Å². The van der Waals surface area contributed by atoms with Crippen LogP contribution < -0.4 is 4.90 Å². The Bertz CT molecular complexity index is 3560. The molecule has 0 radical (unpaired) electrons. The zero-order valence-corrected chi connectivity index (χ0v) is 33.4. The van der Waals surface area contributed by atoms with Gasteiger partial charge >= 0.3 is 0 Å². The maximum absolute atomic E-state index is 2.40. The van der Waals surface area contributed by atoms with Crippen molar-refractivity contribution in [2.45, 2.75) is 0 Å². The second-order valence-corrected chi connectivity index (χ2v) is 15.8. The standard InChI is InChI=1S/C58H39N3/c1-3-15-46(16-4-1)59(48-30-23-41(24-31-48)44-28-35-57-53(38-44)51-19-9-11-21-55(51)60(57)47-17-5-2-6-18-47)49-32-25-42(26-33-49)45-29-36-58-54(39-45)52-20-10-12-22-56(52)61(58)50-34-27-40-13-7-8-14-43(40)37-50/h1-39H. The minimum atomic E-state index is 1.10. The fourth-order valence-corrected chi connectivity index (χ4v) is 9.38. The molecule has 3 nitrogen and oxygen atoms in total. The first-order valence-electron chi connectivity index (χ1n) is 20.9. The van der Waals surface area contributed by atoms with E-state index in [1.807, 2.05) is 0 Å². The van der Waals surface area contributed by atoms with E-state index in [-0.39, 0.29) is 0 Å². The average Bonchev–Trinajstić information content (AvgIpc) is 3.85. The summed E-state index contributed by atoms with van der Waals surface area (Å²) in [5.41, 5.74) is 15.2. The maximum atomic E-state index is 2.40. The van der Waals surface area contributed by atoms with Gasteiger partial charge < -0.3 is 14.0 Å². The summed E-state index contributed by atoms with van der Waals surface area (Å²) in [6.07, 6.45) is 0. The van der Waals surface area contributed by atoms with Crippen LogP contribution >= 0.6 is 0 Å². The highest BCUT2D eigenvalue weighted by Crippen LogP contribution is 2.40. The van der Waals surface area contributed by atoms with Gasteiger partial charge in [0.05, 0.1) is 22.1 Å². The zero-order valence-electron chi connectivity index (χ0n) is 33.4. The summed E-state index contributed by atoms with van der Waals surface area (Å²) in [7, 11) is 0. The van der Waals surface area contributed by atoms with Gasteiger partial charge in [-0.2, -0.15) is 0 Å². The third kappa shape index (κ3) is 5.90. The topological polar surface area (TPSA) is 13.1 Å². The summed E-state index contributed by atoms with van der Waals surface area (Å²) in [4.78, 5) is 2.34. The number of hydrogen-bond acceptors (Lipinski definition) is 1. The lowest BCUT2D eigenvalue weighted by molar-refractivity contribution is 1.18. The van der Waals surface area contributed by atoms with E-state index in [1.165, 1.54) is 88.0 Å². The lowest BCUT2D eigenvalue weighted by Crippen LogP contribution is -2.09. The molecular weight excluding hydrogens is 739 g/mol. The molecule has 0 fully saturated rings. The van der Waals surface area contributed by atoms with Crippen LogP contribution in [0.4, 0.5) is 17.1 Å². The largest absolute Gasteiger partial charge is 0.311 e. The van der Waals surface area contributed by atoms with Crippen LogP contribution in [0.15, 0.2) is 237 Å². The molecule has 2 aromatic heterocycles. The Balaban J connectivity index is 0.891. The van der Waals surface area contributed by atoms with Crippen molar-refractivity contribution in [3.63, 3.8) is 0 Å². The highest BCUT2D eigenvalue weighted by Gasteiger charge is 2.17. The number of rotatable bonds is 7. The molecule has 61 heavy (non-hydrogen) atoms. The first-order valence-corrected chi connectivity index (χ1v) is 20.9. The molecule has 0 spiro atoms. The van der Waals surface area contributed by atoms with Crippen LogP contribution in [0.3, 0.4) is 0 Å². The van der Waals surface area contributed by atoms with Gasteiger partial charge in [0.15, 0.2) is 0 Å². The van der Waals surface area contributed by atoms with Crippen molar-refractivity contribution in [2.24, 2.45) is 0 Å². The molecule has 0 unspecified atom stereocenters. The molecule has 12 rings (SSSR count). The number of nitrogens with zero attached hydrogens (tertiary/aromatic N) is 3. The van der Waals surface area contributed by atoms with Gasteiger partial charge in [0, 0.05) is 50.0 Å². The van der Waals surface area contributed by atoms with E-state index < -0.39 is 0 Å². The first-order chi connectivity index (χ1) is 30.2. The monoisotopic (exact) mass is 777 g/mol. The molecule has 0 saturated heterocycles. The molecular formula is C58H39N3. The summed E-state index contributed by atoms with van der Waals surface area (Å²) in [5, 5.41) is 7.50. The Morgan fingerprint density at radius 2 is 0.672 bits per heavy atom. The molecule has 3 heteroatoms. The second-order valence-electron chi connectivity index (χ2n) is 15.8. The Hall–Kier alpha value is -8.14. The van der Waals surface area contributed by atoms with E-state index in [0.29, 0.717) is 0 Å². The summed E-state index contributed by atoms with van der Waals surface area (Å²) in [6.45, 7) is 0. The van der Waals surface area contributed by atoms with Gasteiger partial charge in [-0.25, -0.2) is 0 Å². The lowest BCUT2D eigenvalue weighted by Gasteiger charge is -2.26. The third-order valence-corrected chi connectivity index (χ3v) is 12.3. The van der Waals surface area contributed by atoms with Crippen molar-refractivity contribution < 1.29 is 0 Å². The highest BCUT2D eigenvalue weighted by atomic mass is 15.1. The SMILES string of the molecule is c1ccc(N(c2ccc(-c3ccc4c(c3)c3ccccc3n4-c3ccccc3)cc2)c2ccc(-c3ccc4c(c3)c3ccccc3n4-c3ccc4ccccc4c3)cc2)cc1. The number of hydrogen-bond donors (Lipinski definition) is 0. The van der Waals surface area contributed by atoms with E-state index in [2.05, 4.69) is 251 Å². The molecule has 2 heterocycles. The van der Waals surface area contributed by atoms with E-state index >= 15 is 0 Å². The van der Waals surface area contributed by atoms with Crippen LogP contribution in [-0.2, 0) is 0 Å². The predicted molar refractivity (Wildman–Crippen MR) is 258 cm³/mol. The zero-order chi connectivity index (χ0) is 40.3. The van der Waals surface area contributed by atoms with Gasteiger partial charge in [-0.3, -0.25) is 0 Å². The van der Waals surface area contributed by atoms with Gasteiger partial charge in [0.1, 0.15) is 0 Å². The third-order valence-electron chi connectivity index (χ3n) is 12.3. The van der Waals surface area contributed by atoms with Gasteiger partial charge in [-0.1, -0.05) is 140 Å². The lowest BCUT2D eigenvalue weighted by atomic mass is 10.0. The molecule has 0 N–H and O–H groups in total. The fraction of sp³-hybridized carbons (Fsp3) is 0. The van der Waals surface area contributed by atoms with Crippen molar-refractivity contribution in [1.82, 2.24) is 9.13 Å². The van der Waals surface area contributed by atoms with Gasteiger partial charge in [0.2, 0.25) is 0 Å². The van der Waals surface area contributed by atoms with Crippen LogP contribution in [-0.4, -0.2) is 9.13 Å². The Kier molecular flexibility index (Phi) is 8.17. The van der Waals surface area contributed by atoms with Crippen LogP contribution in [0.2, 0.25) is 0 Å². The van der Waals surface area contributed by atoms with Crippen molar-refractivity contribution in [2.75, 3.05) is 4.90 Å². The molecule has 0 amide bonds. The average molecular weight is 778 g/mol. The van der Waals surface area contributed by atoms with Crippen molar-refractivity contribution in [3.05, 3.63) is 237 Å². The highest BCUT2D eigenvalue weighted by molar-refractivity contribution is 6.12. The maximum Gasteiger partial charge on any atom is 0.0541 e. The van der Waals surface area contributed by atoms with Crippen LogP contribution in [0, 0.1) is 0 Å². The van der Waals surface area contributed by atoms with Crippen LogP contribution in [0.25, 0.3) is 88.0 Å². The first kappa shape index (κ1) is 34.9. The molecule has 0 aliphatic carbocycles. The van der Waals surface area contributed by atoms with Crippen molar-refractivity contribution >= 4 is 71.4 Å². The van der Waals surface area contributed by atoms with Gasteiger partial charge in [-0.05, 0) is 130 Å². The van der Waals surface area contributed by atoms with Crippen LogP contribution in [0.1, 0.15) is 0 Å². The minimum Gasteiger partial charge on any atom is -0.311 e. The van der Waals surface area contributed by atoms with Crippen molar-refractivity contribution in [3.8, 4) is 33.6 Å². The van der Waals surface area contributed by atoms with Gasteiger partial charge in [-0.15, -0.1) is 0 Å². The Morgan fingerprint density at radius 1 is 0.246 bits per heavy atom. The van der Waals surface area contributed by atoms with Crippen LogP contribution in [0.5, 0.6) is 0 Å². The molecule has 12 aromatic rings. The number of fused-ring (bicyclic) bond motifs is 7. The predicted octanol–water partition coefficient (Wildman–Crippen LogP) is 15.8. The Labute approximate surface area is 354 Å². The molecule has 0 aliphatic rings. The summed E-state index contributed by atoms with van der Waals surface area (Å²) >= 11 is 0. The Morgan fingerprint density at radius 3 is 1.25 bits per heavy atom. The number of aromatic nitrogens is 2. The molecule has 10 aromatic carbocycles. The molecule has 286 valence electrons. The van der Waals surface area contributed by atoms with Crippen molar-refractivity contribution in [1.29, 1.82) is 0 Å². The van der Waals surface area contributed by atoms with E-state index in [0.717, 1.165) is 17.1 Å². The summed E-state index contributed by atoms with van der Waals surface area (Å²) in [6, 6.07) is 85.8. The van der Waals surface area contributed by atoms with Gasteiger partial charge in [0.25, 0.3) is 0 Å². The second kappa shape index (κ2) is 14.3. The quantitative estimate of drug-likeness (QED) is 0.157. The van der Waals surface area contributed by atoms with E-state index in [4.69, 9.17) is 0 Å².